The molecule has 30 heavy (non-hydrogen) atoms. The lowest BCUT2D eigenvalue weighted by Crippen LogP contribution is -2.27. The SMILES string of the molecule is C=CCc1cc(Cl)ccc1N(c1ccon1)S(=O)(=O)c1ccc2[nH]c(=O)ccc2c1. The van der Waals surface area contributed by atoms with E-state index in [4.69, 9.17) is 16.1 Å². The van der Waals surface area contributed by atoms with Crippen molar-refractivity contribution in [2.45, 2.75) is 11.3 Å². The summed E-state index contributed by atoms with van der Waals surface area (Å²) >= 11 is 6.13. The Hall–Kier alpha value is -3.36. The Bertz CT molecular complexity index is 1400. The fourth-order valence-electron chi connectivity index (χ4n) is 3.16. The van der Waals surface area contributed by atoms with Crippen LogP contribution in [0.3, 0.4) is 0 Å². The molecule has 0 aliphatic rings. The molecule has 0 saturated heterocycles. The van der Waals surface area contributed by atoms with E-state index < -0.39 is 10.0 Å². The molecule has 4 rings (SSSR count). The number of hydrogen-bond donors (Lipinski definition) is 1. The molecule has 0 amide bonds. The lowest BCUT2D eigenvalue weighted by Gasteiger charge is -2.24. The molecule has 1 N–H and O–H groups in total. The third-order valence-corrected chi connectivity index (χ3v) is 6.44. The van der Waals surface area contributed by atoms with Crippen molar-refractivity contribution in [3.63, 3.8) is 0 Å². The van der Waals surface area contributed by atoms with Crippen molar-refractivity contribution < 1.29 is 12.9 Å². The number of rotatable bonds is 6. The fourth-order valence-corrected chi connectivity index (χ4v) is 4.86. The Morgan fingerprint density at radius 3 is 2.70 bits per heavy atom. The molecular formula is C21H16ClN3O4S. The van der Waals surface area contributed by atoms with Gasteiger partial charge in [-0.25, -0.2) is 12.7 Å². The Morgan fingerprint density at radius 1 is 1.13 bits per heavy atom. The molecular weight excluding hydrogens is 426 g/mol. The summed E-state index contributed by atoms with van der Waals surface area (Å²) < 4.78 is 33.4. The standard InChI is InChI=1S/C21H16ClN3O4S/c1-2-3-15-12-16(22)5-8-19(15)25(20-10-11-29-24-20)30(27,28)17-6-7-18-14(13-17)4-9-21(26)23-18/h2,4-13H,1,3H2,(H,23,26). The number of aromatic amines is 1. The summed E-state index contributed by atoms with van der Waals surface area (Å²) in [5, 5.41) is 4.90. The predicted octanol–water partition coefficient (Wildman–Crippen LogP) is 4.43. The molecule has 0 atom stereocenters. The van der Waals surface area contributed by atoms with Crippen molar-refractivity contribution in [2.24, 2.45) is 0 Å². The number of sulfonamides is 1. The first-order valence-corrected chi connectivity index (χ1v) is 10.7. The second kappa shape index (κ2) is 7.81. The van der Waals surface area contributed by atoms with Crippen LogP contribution in [0.4, 0.5) is 11.5 Å². The number of H-pyrrole nitrogens is 1. The van der Waals surface area contributed by atoms with Crippen molar-refractivity contribution in [1.82, 2.24) is 10.1 Å². The minimum absolute atomic E-state index is 0.0320. The molecule has 0 aliphatic carbocycles. The first-order chi connectivity index (χ1) is 14.4. The van der Waals surface area contributed by atoms with Gasteiger partial charge in [-0.15, -0.1) is 6.58 Å². The summed E-state index contributed by atoms with van der Waals surface area (Å²) in [5.74, 6) is 0.101. The van der Waals surface area contributed by atoms with E-state index in [1.807, 2.05) is 0 Å². The van der Waals surface area contributed by atoms with Gasteiger partial charge in [0.2, 0.25) is 5.56 Å². The number of anilines is 2. The monoisotopic (exact) mass is 441 g/mol. The molecule has 9 heteroatoms. The Labute approximate surface area is 177 Å². The van der Waals surface area contributed by atoms with Crippen LogP contribution < -0.4 is 9.86 Å². The predicted molar refractivity (Wildman–Crippen MR) is 116 cm³/mol. The topological polar surface area (TPSA) is 96.3 Å². The maximum Gasteiger partial charge on any atom is 0.270 e. The first kappa shape index (κ1) is 19.9. The smallest absolute Gasteiger partial charge is 0.270 e. The lowest BCUT2D eigenvalue weighted by atomic mass is 10.1. The van der Waals surface area contributed by atoms with Gasteiger partial charge in [-0.2, -0.15) is 0 Å². The minimum Gasteiger partial charge on any atom is -0.363 e. The third kappa shape index (κ3) is 3.62. The van der Waals surface area contributed by atoms with Crippen LogP contribution in [0.1, 0.15) is 5.56 Å². The van der Waals surface area contributed by atoms with E-state index in [0.29, 0.717) is 33.6 Å². The van der Waals surface area contributed by atoms with Crippen molar-refractivity contribution in [3.8, 4) is 0 Å². The summed E-state index contributed by atoms with van der Waals surface area (Å²) in [7, 11) is -4.09. The van der Waals surface area contributed by atoms with Crippen molar-refractivity contribution >= 4 is 44.0 Å². The van der Waals surface area contributed by atoms with Crippen LogP contribution in [0, 0.1) is 0 Å². The number of allylic oxidation sites excluding steroid dienone is 1. The van der Waals surface area contributed by atoms with Gasteiger partial charge >= 0.3 is 0 Å². The third-order valence-electron chi connectivity index (χ3n) is 4.49. The summed E-state index contributed by atoms with van der Waals surface area (Å²) in [6.07, 6.45) is 3.36. The molecule has 152 valence electrons. The van der Waals surface area contributed by atoms with Gasteiger partial charge in [0.25, 0.3) is 10.0 Å². The van der Waals surface area contributed by atoms with Crippen LogP contribution >= 0.6 is 11.6 Å². The van der Waals surface area contributed by atoms with Crippen molar-refractivity contribution in [3.05, 3.63) is 94.5 Å². The van der Waals surface area contributed by atoms with Crippen molar-refractivity contribution in [2.75, 3.05) is 4.31 Å². The summed E-state index contributed by atoms with van der Waals surface area (Å²) in [6.45, 7) is 3.74. The van der Waals surface area contributed by atoms with Gasteiger partial charge in [-0.05, 0) is 59.8 Å². The Kier molecular flexibility index (Phi) is 5.19. The number of nitrogens with one attached hydrogen (secondary N) is 1. The normalized spacial score (nSPS) is 11.5. The average Bonchev–Trinajstić information content (AvgIpc) is 3.23. The van der Waals surface area contributed by atoms with Crippen LogP contribution in [0.2, 0.25) is 5.02 Å². The average molecular weight is 442 g/mol. The number of fused-ring (bicyclic) bond motifs is 1. The highest BCUT2D eigenvalue weighted by molar-refractivity contribution is 7.93. The zero-order valence-corrected chi connectivity index (χ0v) is 17.2. The van der Waals surface area contributed by atoms with Gasteiger partial charge < -0.3 is 9.51 Å². The molecule has 2 aromatic heterocycles. The number of nitrogens with zero attached hydrogens (tertiary/aromatic N) is 2. The molecule has 4 aromatic rings. The number of pyridine rings is 1. The van der Waals surface area contributed by atoms with E-state index in [1.54, 1.807) is 36.4 Å². The second-order valence-corrected chi connectivity index (χ2v) is 8.69. The van der Waals surface area contributed by atoms with Gasteiger partial charge in [-0.3, -0.25) is 4.79 Å². The van der Waals surface area contributed by atoms with E-state index in [9.17, 15) is 13.2 Å². The molecule has 2 heterocycles. The van der Waals surface area contributed by atoms with Gasteiger partial charge in [0, 0.05) is 22.7 Å². The van der Waals surface area contributed by atoms with Gasteiger partial charge in [0.15, 0.2) is 5.82 Å². The second-order valence-electron chi connectivity index (χ2n) is 6.46. The number of benzene rings is 2. The molecule has 0 spiro atoms. The van der Waals surface area contributed by atoms with Gasteiger partial charge in [0.05, 0.1) is 10.6 Å². The van der Waals surface area contributed by atoms with Crippen LogP contribution in [0.15, 0.2) is 87.7 Å². The summed E-state index contributed by atoms with van der Waals surface area (Å²) in [6, 6.07) is 13.8. The molecule has 0 fully saturated rings. The van der Waals surface area contributed by atoms with E-state index >= 15 is 0 Å². The highest BCUT2D eigenvalue weighted by atomic mass is 35.5. The van der Waals surface area contributed by atoms with Crippen LogP contribution in [-0.2, 0) is 16.4 Å². The maximum absolute atomic E-state index is 13.7. The van der Waals surface area contributed by atoms with Crippen LogP contribution in [0.5, 0.6) is 0 Å². The fraction of sp³-hybridized carbons (Fsp3) is 0.0476. The van der Waals surface area contributed by atoms with E-state index in [2.05, 4.69) is 16.7 Å². The summed E-state index contributed by atoms with van der Waals surface area (Å²) in [4.78, 5) is 14.2. The molecule has 0 radical (unpaired) electrons. The molecule has 2 aromatic carbocycles. The van der Waals surface area contributed by atoms with Gasteiger partial charge in [0.1, 0.15) is 6.26 Å². The first-order valence-electron chi connectivity index (χ1n) is 8.88. The molecule has 0 aliphatic heterocycles. The van der Waals surface area contributed by atoms with Crippen LogP contribution in [-0.4, -0.2) is 18.6 Å². The lowest BCUT2D eigenvalue weighted by molar-refractivity contribution is 0.421. The Morgan fingerprint density at radius 2 is 1.97 bits per heavy atom. The molecule has 0 saturated carbocycles. The Balaban J connectivity index is 1.93. The highest BCUT2D eigenvalue weighted by Gasteiger charge is 2.30. The molecule has 0 unspecified atom stereocenters. The minimum atomic E-state index is -4.09. The largest absolute Gasteiger partial charge is 0.363 e. The van der Waals surface area contributed by atoms with E-state index in [1.165, 1.54) is 30.5 Å². The molecule has 0 bridgehead atoms. The van der Waals surface area contributed by atoms with E-state index in [0.717, 1.165) is 4.31 Å². The highest BCUT2D eigenvalue weighted by Crippen LogP contribution is 2.36. The molecule has 7 nitrogen and oxygen atoms in total. The summed E-state index contributed by atoms with van der Waals surface area (Å²) in [5.41, 5.74) is 1.31. The van der Waals surface area contributed by atoms with Crippen molar-refractivity contribution in [1.29, 1.82) is 0 Å². The quantitative estimate of drug-likeness (QED) is 0.446. The van der Waals surface area contributed by atoms with Gasteiger partial charge in [-0.1, -0.05) is 22.8 Å². The number of halogens is 1. The van der Waals surface area contributed by atoms with Crippen LogP contribution in [0.25, 0.3) is 10.9 Å². The number of hydrogen-bond acceptors (Lipinski definition) is 5. The maximum atomic E-state index is 13.7. The zero-order chi connectivity index (χ0) is 21.3. The zero-order valence-electron chi connectivity index (χ0n) is 15.6. The van der Waals surface area contributed by atoms with E-state index in [-0.39, 0.29) is 16.3 Å². The number of aromatic nitrogens is 2.